The van der Waals surface area contributed by atoms with Crippen molar-refractivity contribution in [3.05, 3.63) is 16.1 Å². The maximum Gasteiger partial charge on any atom is 0.0798 e. The molecule has 110 valence electrons. The van der Waals surface area contributed by atoms with Crippen LogP contribution in [0.4, 0.5) is 0 Å². The van der Waals surface area contributed by atoms with Crippen molar-refractivity contribution in [3.63, 3.8) is 0 Å². The van der Waals surface area contributed by atoms with E-state index in [1.54, 1.807) is 11.3 Å². The van der Waals surface area contributed by atoms with Gasteiger partial charge in [0.15, 0.2) is 0 Å². The number of likely N-dealkylation sites (tertiary alicyclic amines) is 1. The average Bonchev–Trinajstić information content (AvgIpc) is 3.00. The van der Waals surface area contributed by atoms with Crippen molar-refractivity contribution in [3.8, 4) is 0 Å². The number of rotatable bonds is 5. The van der Waals surface area contributed by atoms with Gasteiger partial charge in [-0.15, -0.1) is 23.1 Å². The summed E-state index contributed by atoms with van der Waals surface area (Å²) >= 11 is 3.95. The Balaban J connectivity index is 1.24. The molecule has 1 unspecified atom stereocenters. The fourth-order valence-corrected chi connectivity index (χ4v) is 5.67. The zero-order chi connectivity index (χ0) is 13.6. The van der Waals surface area contributed by atoms with Crippen LogP contribution in [-0.4, -0.2) is 46.2 Å². The first-order chi connectivity index (χ1) is 9.72. The number of aryl methyl sites for hydroxylation is 1. The van der Waals surface area contributed by atoms with E-state index in [9.17, 15) is 0 Å². The Morgan fingerprint density at radius 3 is 3.00 bits per heavy atom. The van der Waals surface area contributed by atoms with Gasteiger partial charge < -0.3 is 4.74 Å². The van der Waals surface area contributed by atoms with Crippen LogP contribution >= 0.6 is 23.1 Å². The number of thiazole rings is 1. The van der Waals surface area contributed by atoms with Crippen LogP contribution in [0.5, 0.6) is 0 Å². The molecule has 3 fully saturated rings. The maximum atomic E-state index is 6.07. The molecule has 0 bridgehead atoms. The first-order valence-electron chi connectivity index (χ1n) is 7.59. The largest absolute Gasteiger partial charge is 0.377 e. The third-order valence-corrected chi connectivity index (χ3v) is 7.17. The lowest BCUT2D eigenvalue weighted by Gasteiger charge is -2.47. The standard InChI is InChI=1S/C15H22N2OS2/c1-11-14(19-10-16-11)5-17-8-15(9-17)4-13(7-20-15)18-6-12-2-3-12/h10,12-13H,2-9H2,1H3. The summed E-state index contributed by atoms with van der Waals surface area (Å²) < 4.78 is 6.58. The lowest BCUT2D eigenvalue weighted by molar-refractivity contribution is 0.0307. The van der Waals surface area contributed by atoms with E-state index in [2.05, 4.69) is 28.6 Å². The van der Waals surface area contributed by atoms with Gasteiger partial charge in [-0.25, -0.2) is 4.98 Å². The minimum atomic E-state index is 0.507. The lowest BCUT2D eigenvalue weighted by Crippen LogP contribution is -2.58. The number of hydrogen-bond donors (Lipinski definition) is 0. The Bertz CT molecular complexity index is 480. The smallest absolute Gasteiger partial charge is 0.0798 e. The third-order valence-electron chi connectivity index (χ3n) is 4.68. The molecule has 4 rings (SSSR count). The van der Waals surface area contributed by atoms with Gasteiger partial charge in [-0.05, 0) is 32.1 Å². The predicted molar refractivity (Wildman–Crippen MR) is 84.4 cm³/mol. The van der Waals surface area contributed by atoms with Crippen LogP contribution < -0.4 is 0 Å². The zero-order valence-electron chi connectivity index (χ0n) is 12.0. The Kier molecular flexibility index (Phi) is 3.57. The average molecular weight is 310 g/mol. The van der Waals surface area contributed by atoms with E-state index in [1.807, 2.05) is 5.51 Å². The SMILES string of the molecule is Cc1ncsc1CN1CC2(CC(OCC3CC3)CS2)C1. The lowest BCUT2D eigenvalue weighted by atomic mass is 9.93. The minimum Gasteiger partial charge on any atom is -0.377 e. The summed E-state index contributed by atoms with van der Waals surface area (Å²) in [5.74, 6) is 2.10. The molecule has 2 aliphatic heterocycles. The highest BCUT2D eigenvalue weighted by atomic mass is 32.2. The first kappa shape index (κ1) is 13.6. The van der Waals surface area contributed by atoms with E-state index >= 15 is 0 Å². The summed E-state index contributed by atoms with van der Waals surface area (Å²) in [6.45, 7) is 6.70. The fourth-order valence-electron chi connectivity index (χ4n) is 3.25. The Labute approximate surface area is 129 Å². The normalized spacial score (nSPS) is 28.9. The van der Waals surface area contributed by atoms with Crippen molar-refractivity contribution in [2.45, 2.75) is 43.6 Å². The number of nitrogens with zero attached hydrogens (tertiary/aromatic N) is 2. The van der Waals surface area contributed by atoms with Crippen molar-refractivity contribution >= 4 is 23.1 Å². The van der Waals surface area contributed by atoms with Crippen LogP contribution in [0, 0.1) is 12.8 Å². The molecule has 3 aliphatic rings. The van der Waals surface area contributed by atoms with Crippen molar-refractivity contribution in [2.24, 2.45) is 5.92 Å². The Hall–Kier alpha value is -0.100. The molecule has 1 aromatic rings. The maximum absolute atomic E-state index is 6.07. The van der Waals surface area contributed by atoms with Gasteiger partial charge in [-0.1, -0.05) is 0 Å². The molecule has 1 atom stereocenters. The monoisotopic (exact) mass is 310 g/mol. The second kappa shape index (κ2) is 5.27. The van der Waals surface area contributed by atoms with E-state index in [0.29, 0.717) is 10.9 Å². The van der Waals surface area contributed by atoms with Crippen LogP contribution in [0.3, 0.4) is 0 Å². The van der Waals surface area contributed by atoms with Gasteiger partial charge in [0.1, 0.15) is 0 Å². The summed E-state index contributed by atoms with van der Waals surface area (Å²) in [5.41, 5.74) is 3.17. The van der Waals surface area contributed by atoms with E-state index in [1.165, 1.54) is 48.7 Å². The molecule has 5 heteroatoms. The molecule has 3 nitrogen and oxygen atoms in total. The molecular weight excluding hydrogens is 288 g/mol. The van der Waals surface area contributed by atoms with Gasteiger partial charge in [-0.2, -0.15) is 0 Å². The molecule has 0 N–H and O–H groups in total. The van der Waals surface area contributed by atoms with Gasteiger partial charge in [-0.3, -0.25) is 4.90 Å². The van der Waals surface area contributed by atoms with E-state index in [0.717, 1.165) is 19.1 Å². The highest BCUT2D eigenvalue weighted by molar-refractivity contribution is 8.01. The molecule has 1 saturated carbocycles. The van der Waals surface area contributed by atoms with Crippen LogP contribution in [0.2, 0.25) is 0 Å². The van der Waals surface area contributed by atoms with Crippen molar-refractivity contribution < 1.29 is 4.74 Å². The Morgan fingerprint density at radius 2 is 2.30 bits per heavy atom. The fraction of sp³-hybridized carbons (Fsp3) is 0.800. The predicted octanol–water partition coefficient (Wildman–Crippen LogP) is 2.94. The summed E-state index contributed by atoms with van der Waals surface area (Å²) in [7, 11) is 0. The number of ether oxygens (including phenoxy) is 1. The highest BCUT2D eigenvalue weighted by Gasteiger charge is 2.49. The minimum absolute atomic E-state index is 0.507. The van der Waals surface area contributed by atoms with E-state index in [-0.39, 0.29) is 0 Å². The quantitative estimate of drug-likeness (QED) is 0.835. The van der Waals surface area contributed by atoms with E-state index in [4.69, 9.17) is 4.74 Å². The van der Waals surface area contributed by atoms with Crippen LogP contribution in [0.15, 0.2) is 5.51 Å². The summed E-state index contributed by atoms with van der Waals surface area (Å²) in [6.07, 6.45) is 4.58. The van der Waals surface area contributed by atoms with Crippen molar-refractivity contribution in [1.29, 1.82) is 0 Å². The molecule has 20 heavy (non-hydrogen) atoms. The third kappa shape index (κ3) is 2.78. The molecule has 0 aromatic carbocycles. The summed E-state index contributed by atoms with van der Waals surface area (Å²) in [4.78, 5) is 8.34. The van der Waals surface area contributed by atoms with E-state index < -0.39 is 0 Å². The molecule has 2 saturated heterocycles. The van der Waals surface area contributed by atoms with Crippen molar-refractivity contribution in [1.82, 2.24) is 9.88 Å². The second-order valence-corrected chi connectivity index (χ2v) is 9.03. The van der Waals surface area contributed by atoms with Gasteiger partial charge in [0.05, 0.1) is 17.3 Å². The van der Waals surface area contributed by atoms with Crippen LogP contribution in [0.25, 0.3) is 0 Å². The van der Waals surface area contributed by atoms with Crippen LogP contribution in [-0.2, 0) is 11.3 Å². The van der Waals surface area contributed by atoms with Crippen LogP contribution in [0.1, 0.15) is 29.8 Å². The number of thioether (sulfide) groups is 1. The zero-order valence-corrected chi connectivity index (χ0v) is 13.6. The van der Waals surface area contributed by atoms with Gasteiger partial charge in [0, 0.05) is 41.6 Å². The molecule has 1 aliphatic carbocycles. The highest BCUT2D eigenvalue weighted by Crippen LogP contribution is 2.47. The van der Waals surface area contributed by atoms with Gasteiger partial charge in [0.2, 0.25) is 0 Å². The van der Waals surface area contributed by atoms with Crippen molar-refractivity contribution in [2.75, 3.05) is 25.4 Å². The van der Waals surface area contributed by atoms with Gasteiger partial charge in [0.25, 0.3) is 0 Å². The topological polar surface area (TPSA) is 25.4 Å². The molecule has 3 heterocycles. The Morgan fingerprint density at radius 1 is 1.45 bits per heavy atom. The summed E-state index contributed by atoms with van der Waals surface area (Å²) in [6, 6.07) is 0. The second-order valence-electron chi connectivity index (χ2n) is 6.60. The molecular formula is C15H22N2OS2. The summed E-state index contributed by atoms with van der Waals surface area (Å²) in [5, 5.41) is 0. The molecule has 0 radical (unpaired) electrons. The first-order valence-corrected chi connectivity index (χ1v) is 9.46. The molecule has 1 spiro atoms. The number of hydrogen-bond acceptors (Lipinski definition) is 5. The van der Waals surface area contributed by atoms with Gasteiger partial charge >= 0.3 is 0 Å². The number of aromatic nitrogens is 1. The molecule has 1 aromatic heterocycles. The molecule has 0 amide bonds.